The topological polar surface area (TPSA) is 71.6 Å². The maximum atomic E-state index is 13.2. The Morgan fingerprint density at radius 2 is 1.86 bits per heavy atom. The van der Waals surface area contributed by atoms with Gasteiger partial charge in [0.1, 0.15) is 18.1 Å². The number of methoxy groups -OCH3 is 1. The van der Waals surface area contributed by atoms with Crippen molar-refractivity contribution in [3.05, 3.63) is 48.7 Å². The Morgan fingerprint density at radius 3 is 2.62 bits per heavy atom. The number of fused-ring (bicyclic) bond motifs is 1. The minimum Gasteiger partial charge on any atom is -0.497 e. The van der Waals surface area contributed by atoms with Gasteiger partial charge >= 0.3 is 0 Å². The molecule has 6 nitrogen and oxygen atoms in total. The number of sulfone groups is 1. The van der Waals surface area contributed by atoms with Crippen LogP contribution >= 0.6 is 12.4 Å². The van der Waals surface area contributed by atoms with Gasteiger partial charge in [-0.3, -0.25) is 4.90 Å². The number of ether oxygens (including phenoxy) is 2. The van der Waals surface area contributed by atoms with Crippen LogP contribution in [0.25, 0.3) is 10.9 Å². The zero-order chi connectivity index (χ0) is 19.6. The van der Waals surface area contributed by atoms with Crippen molar-refractivity contribution in [2.45, 2.75) is 22.6 Å². The molecule has 0 unspecified atom stereocenters. The zero-order valence-electron chi connectivity index (χ0n) is 16.3. The Morgan fingerprint density at radius 1 is 1.10 bits per heavy atom. The lowest BCUT2D eigenvalue weighted by Gasteiger charge is -2.15. The summed E-state index contributed by atoms with van der Waals surface area (Å²) in [5.41, 5.74) is 0.699. The number of rotatable bonds is 7. The first-order valence-electron chi connectivity index (χ1n) is 9.44. The first kappa shape index (κ1) is 21.5. The van der Waals surface area contributed by atoms with Crippen LogP contribution in [0.4, 0.5) is 0 Å². The van der Waals surface area contributed by atoms with Gasteiger partial charge in [-0.05, 0) is 50.2 Å². The monoisotopic (exact) mass is 436 g/mol. The van der Waals surface area contributed by atoms with Crippen molar-refractivity contribution < 1.29 is 17.9 Å². The first-order valence-corrected chi connectivity index (χ1v) is 10.9. The number of nitrogens with zero attached hydrogens (tertiary/aromatic N) is 1. The number of H-pyrrole nitrogens is 1. The number of aromatic nitrogens is 1. The van der Waals surface area contributed by atoms with E-state index in [2.05, 4.69) is 9.88 Å². The number of hydrogen-bond donors (Lipinski definition) is 1. The van der Waals surface area contributed by atoms with Crippen molar-refractivity contribution in [3.63, 3.8) is 0 Å². The molecule has 0 atom stereocenters. The van der Waals surface area contributed by atoms with Gasteiger partial charge < -0.3 is 14.5 Å². The zero-order valence-corrected chi connectivity index (χ0v) is 17.9. The highest BCUT2D eigenvalue weighted by molar-refractivity contribution is 7.91. The van der Waals surface area contributed by atoms with Gasteiger partial charge in [-0.2, -0.15) is 0 Å². The van der Waals surface area contributed by atoms with Crippen molar-refractivity contribution >= 4 is 33.1 Å². The van der Waals surface area contributed by atoms with Crippen LogP contribution in [0.1, 0.15) is 12.8 Å². The predicted molar refractivity (Wildman–Crippen MR) is 115 cm³/mol. The Bertz CT molecular complexity index is 1080. The Balaban J connectivity index is 0.00000240. The highest BCUT2D eigenvalue weighted by Crippen LogP contribution is 2.33. The van der Waals surface area contributed by atoms with E-state index in [4.69, 9.17) is 9.47 Å². The highest BCUT2D eigenvalue weighted by Gasteiger charge is 2.23. The Labute approximate surface area is 177 Å². The third-order valence-corrected chi connectivity index (χ3v) is 6.94. The molecule has 1 aliphatic rings. The molecule has 8 heteroatoms. The Kier molecular flexibility index (Phi) is 6.72. The second-order valence-electron chi connectivity index (χ2n) is 6.91. The van der Waals surface area contributed by atoms with Gasteiger partial charge in [0.05, 0.1) is 22.4 Å². The molecule has 29 heavy (non-hydrogen) atoms. The molecule has 1 aliphatic heterocycles. The van der Waals surface area contributed by atoms with Gasteiger partial charge in [0, 0.05) is 18.1 Å². The van der Waals surface area contributed by atoms with E-state index in [0.29, 0.717) is 29.0 Å². The molecule has 1 N–H and O–H groups in total. The van der Waals surface area contributed by atoms with Crippen LogP contribution in [0.2, 0.25) is 0 Å². The van der Waals surface area contributed by atoms with Crippen molar-refractivity contribution in [3.8, 4) is 11.5 Å². The van der Waals surface area contributed by atoms with Crippen LogP contribution in [0.5, 0.6) is 11.5 Å². The van der Waals surface area contributed by atoms with Crippen molar-refractivity contribution in [2.75, 3.05) is 33.4 Å². The van der Waals surface area contributed by atoms with Crippen LogP contribution in [0.3, 0.4) is 0 Å². The molecule has 156 valence electrons. The van der Waals surface area contributed by atoms with Gasteiger partial charge in [-0.1, -0.05) is 18.2 Å². The quantitative estimate of drug-likeness (QED) is 0.608. The van der Waals surface area contributed by atoms with E-state index in [1.54, 1.807) is 24.3 Å². The molecule has 0 radical (unpaired) electrons. The summed E-state index contributed by atoms with van der Waals surface area (Å²) in [6.45, 7) is 3.71. The fourth-order valence-corrected chi connectivity index (χ4v) is 5.09. The molecule has 0 spiro atoms. The lowest BCUT2D eigenvalue weighted by molar-refractivity contribution is 0.239. The van der Waals surface area contributed by atoms with Gasteiger partial charge in [-0.15, -0.1) is 12.4 Å². The molecule has 0 amide bonds. The summed E-state index contributed by atoms with van der Waals surface area (Å²) >= 11 is 0. The summed E-state index contributed by atoms with van der Waals surface area (Å²) in [4.78, 5) is 5.91. The molecule has 2 aromatic carbocycles. The van der Waals surface area contributed by atoms with E-state index < -0.39 is 9.84 Å². The summed E-state index contributed by atoms with van der Waals surface area (Å²) in [6.07, 6.45) is 4.03. The van der Waals surface area contributed by atoms with E-state index in [9.17, 15) is 8.42 Å². The maximum absolute atomic E-state index is 13.2. The maximum Gasteiger partial charge on any atom is 0.208 e. The molecule has 0 saturated carbocycles. The minimum atomic E-state index is -3.68. The summed E-state index contributed by atoms with van der Waals surface area (Å²) in [5.74, 6) is 1.18. The minimum absolute atomic E-state index is 0. The number of hydrogen-bond acceptors (Lipinski definition) is 5. The fourth-order valence-electron chi connectivity index (χ4n) is 3.63. The van der Waals surface area contributed by atoms with Crippen LogP contribution in [-0.2, 0) is 9.84 Å². The first-order chi connectivity index (χ1) is 13.6. The largest absolute Gasteiger partial charge is 0.497 e. The number of aromatic amines is 1. The molecule has 3 aromatic rings. The number of nitrogens with one attached hydrogen (secondary N) is 1. The van der Waals surface area contributed by atoms with Gasteiger partial charge in [0.2, 0.25) is 9.84 Å². The number of benzene rings is 2. The lowest BCUT2D eigenvalue weighted by Crippen LogP contribution is -2.25. The van der Waals surface area contributed by atoms with Crippen LogP contribution < -0.4 is 9.47 Å². The predicted octanol–water partition coefficient (Wildman–Crippen LogP) is 3.91. The van der Waals surface area contributed by atoms with E-state index in [0.717, 1.165) is 19.6 Å². The molecule has 0 bridgehead atoms. The molecule has 1 saturated heterocycles. The second kappa shape index (κ2) is 9.07. The molecule has 2 heterocycles. The standard InChI is InChI=1S/C21H24N2O4S.ClH/c1-26-16-6-4-7-17(14-16)28(24,25)20-15-22-21-18(20)8-5-9-19(21)27-13-12-23-10-2-3-11-23;/h4-9,14-15,22H,2-3,10-13H2,1H3;1H. The summed E-state index contributed by atoms with van der Waals surface area (Å²) < 4.78 is 37.4. The van der Waals surface area contributed by atoms with Crippen LogP contribution in [0, 0.1) is 0 Å². The molecule has 4 rings (SSSR count). The summed E-state index contributed by atoms with van der Waals surface area (Å²) in [5, 5.41) is 0.626. The third kappa shape index (κ3) is 4.37. The van der Waals surface area contributed by atoms with E-state index in [1.807, 2.05) is 12.1 Å². The smallest absolute Gasteiger partial charge is 0.208 e. The van der Waals surface area contributed by atoms with E-state index in [-0.39, 0.29) is 22.2 Å². The van der Waals surface area contributed by atoms with Gasteiger partial charge in [-0.25, -0.2) is 8.42 Å². The highest BCUT2D eigenvalue weighted by atomic mass is 35.5. The number of para-hydroxylation sites is 1. The van der Waals surface area contributed by atoms with Crippen molar-refractivity contribution in [1.29, 1.82) is 0 Å². The molecule has 1 fully saturated rings. The lowest BCUT2D eigenvalue weighted by atomic mass is 10.2. The number of halogens is 1. The normalized spacial score (nSPS) is 14.7. The van der Waals surface area contributed by atoms with Crippen molar-refractivity contribution in [2.24, 2.45) is 0 Å². The second-order valence-corrected chi connectivity index (χ2v) is 8.83. The molecular weight excluding hydrogens is 412 g/mol. The molecule has 1 aromatic heterocycles. The Hall–Kier alpha value is -2.22. The molecule has 0 aliphatic carbocycles. The number of likely N-dealkylation sites (tertiary alicyclic amines) is 1. The average Bonchev–Trinajstić information content (AvgIpc) is 3.38. The average molecular weight is 437 g/mol. The SMILES string of the molecule is COc1cccc(S(=O)(=O)c2c[nH]c3c(OCCN4CCCC4)cccc23)c1.Cl. The van der Waals surface area contributed by atoms with Gasteiger partial charge in [0.25, 0.3) is 0 Å². The van der Waals surface area contributed by atoms with Gasteiger partial charge in [0.15, 0.2) is 0 Å². The van der Waals surface area contributed by atoms with Crippen LogP contribution in [0.15, 0.2) is 58.5 Å². The third-order valence-electron chi connectivity index (χ3n) is 5.14. The van der Waals surface area contributed by atoms with E-state index >= 15 is 0 Å². The van der Waals surface area contributed by atoms with E-state index in [1.165, 1.54) is 32.2 Å². The van der Waals surface area contributed by atoms with Crippen LogP contribution in [-0.4, -0.2) is 51.7 Å². The fraction of sp³-hybridized carbons (Fsp3) is 0.333. The van der Waals surface area contributed by atoms with Crippen molar-refractivity contribution in [1.82, 2.24) is 9.88 Å². The summed E-state index contributed by atoms with van der Waals surface area (Å²) in [6, 6.07) is 12.0. The summed E-state index contributed by atoms with van der Waals surface area (Å²) in [7, 11) is -2.16. The molecular formula is C21H25ClN2O4S.